The van der Waals surface area contributed by atoms with Crippen molar-refractivity contribution in [3.05, 3.63) is 0 Å². The summed E-state index contributed by atoms with van der Waals surface area (Å²) >= 11 is 0. The van der Waals surface area contributed by atoms with E-state index in [1.807, 2.05) is 0 Å². The van der Waals surface area contributed by atoms with Crippen LogP contribution in [0.4, 0.5) is 0 Å². The minimum Gasteiger partial charge on any atom is -0.481 e. The Morgan fingerprint density at radius 1 is 1.46 bits per heavy atom. The van der Waals surface area contributed by atoms with Crippen LogP contribution in [-0.2, 0) is 9.59 Å². The normalized spacial score (nSPS) is 18.4. The second-order valence-electron chi connectivity index (χ2n) is 3.96. The summed E-state index contributed by atoms with van der Waals surface area (Å²) in [6.07, 6.45) is 1.36. The highest BCUT2D eigenvalue weighted by Crippen LogP contribution is 2.45. The second kappa shape index (κ2) is 3.36. The third kappa shape index (κ3) is 2.20. The molecule has 1 saturated carbocycles. The molecule has 0 spiro atoms. The Morgan fingerprint density at radius 3 is 2.31 bits per heavy atom. The van der Waals surface area contributed by atoms with E-state index in [2.05, 4.69) is 5.32 Å². The smallest absolute Gasteiger partial charge is 0.311 e. The van der Waals surface area contributed by atoms with Crippen LogP contribution in [0.25, 0.3) is 0 Å². The van der Waals surface area contributed by atoms with Gasteiger partial charge in [-0.3, -0.25) is 9.59 Å². The number of hydrogen-bond acceptors (Lipinski definition) is 2. The Bertz CT molecular complexity index is 231. The molecule has 0 bridgehead atoms. The van der Waals surface area contributed by atoms with Crippen LogP contribution in [0.15, 0.2) is 0 Å². The molecule has 0 aromatic heterocycles. The maximum absolute atomic E-state index is 11.1. The molecule has 4 nitrogen and oxygen atoms in total. The van der Waals surface area contributed by atoms with E-state index in [0.717, 1.165) is 0 Å². The van der Waals surface area contributed by atoms with Crippen LogP contribution < -0.4 is 5.32 Å². The fraction of sp³-hybridized carbons (Fsp3) is 0.778. The molecular weight excluding hydrogens is 170 g/mol. The third-order valence-corrected chi connectivity index (χ3v) is 2.43. The van der Waals surface area contributed by atoms with E-state index >= 15 is 0 Å². The lowest BCUT2D eigenvalue weighted by molar-refractivity contribution is -0.143. The highest BCUT2D eigenvalue weighted by atomic mass is 16.4. The number of carboxylic acid groups (broad SMARTS) is 1. The molecule has 1 aliphatic carbocycles. The van der Waals surface area contributed by atoms with Gasteiger partial charge < -0.3 is 10.4 Å². The predicted octanol–water partition coefficient (Wildman–Crippen LogP) is 0.623. The van der Waals surface area contributed by atoms with Gasteiger partial charge in [0.25, 0.3) is 0 Å². The molecule has 2 N–H and O–H groups in total. The molecule has 0 aromatic carbocycles. The average molecular weight is 185 g/mol. The van der Waals surface area contributed by atoms with E-state index in [9.17, 15) is 9.59 Å². The quantitative estimate of drug-likeness (QED) is 0.674. The molecule has 1 fully saturated rings. The van der Waals surface area contributed by atoms with Gasteiger partial charge >= 0.3 is 5.97 Å². The van der Waals surface area contributed by atoms with Crippen LogP contribution in [0.3, 0.4) is 0 Å². The van der Waals surface area contributed by atoms with Gasteiger partial charge in [0.05, 0.1) is 5.41 Å². The van der Waals surface area contributed by atoms with Gasteiger partial charge in [0.1, 0.15) is 0 Å². The fourth-order valence-electron chi connectivity index (χ4n) is 1.08. The van der Waals surface area contributed by atoms with E-state index in [-0.39, 0.29) is 18.4 Å². The lowest BCUT2D eigenvalue weighted by atomic mass is 10.1. The van der Waals surface area contributed by atoms with Gasteiger partial charge in [0.2, 0.25) is 5.91 Å². The first kappa shape index (κ1) is 10.0. The molecular formula is C9H15NO3. The minimum absolute atomic E-state index is 0.0764. The number of hydrogen-bond donors (Lipinski definition) is 2. The molecule has 1 rings (SSSR count). The Balaban J connectivity index is 2.35. The molecule has 0 unspecified atom stereocenters. The molecule has 74 valence electrons. The molecule has 0 radical (unpaired) electrons. The van der Waals surface area contributed by atoms with Gasteiger partial charge in [-0.2, -0.15) is 0 Å². The van der Waals surface area contributed by atoms with Gasteiger partial charge in [-0.1, -0.05) is 13.8 Å². The van der Waals surface area contributed by atoms with Crippen molar-refractivity contribution in [1.82, 2.24) is 5.32 Å². The molecule has 0 aromatic rings. The zero-order chi connectivity index (χ0) is 10.1. The maximum Gasteiger partial charge on any atom is 0.311 e. The van der Waals surface area contributed by atoms with Crippen LogP contribution in [0.1, 0.15) is 26.7 Å². The fourth-order valence-corrected chi connectivity index (χ4v) is 1.08. The number of carboxylic acids is 1. The summed E-state index contributed by atoms with van der Waals surface area (Å²) in [6.45, 7) is 3.85. The van der Waals surface area contributed by atoms with Gasteiger partial charge in [-0.05, 0) is 12.8 Å². The first-order valence-electron chi connectivity index (χ1n) is 4.49. The number of amides is 1. The van der Waals surface area contributed by atoms with Crippen LogP contribution in [-0.4, -0.2) is 23.5 Å². The zero-order valence-corrected chi connectivity index (χ0v) is 7.96. The molecule has 0 heterocycles. The van der Waals surface area contributed by atoms with Gasteiger partial charge in [0.15, 0.2) is 0 Å². The van der Waals surface area contributed by atoms with Crippen LogP contribution >= 0.6 is 0 Å². The van der Waals surface area contributed by atoms with Gasteiger partial charge in [-0.25, -0.2) is 0 Å². The molecule has 1 amide bonds. The number of rotatable bonds is 4. The van der Waals surface area contributed by atoms with Crippen molar-refractivity contribution >= 4 is 11.9 Å². The summed E-state index contributed by atoms with van der Waals surface area (Å²) in [5.41, 5.74) is -0.648. The van der Waals surface area contributed by atoms with Crippen molar-refractivity contribution in [1.29, 1.82) is 0 Å². The molecule has 13 heavy (non-hydrogen) atoms. The molecule has 0 aliphatic heterocycles. The summed E-state index contributed by atoms with van der Waals surface area (Å²) in [7, 11) is 0. The zero-order valence-electron chi connectivity index (χ0n) is 7.96. The minimum atomic E-state index is -0.795. The van der Waals surface area contributed by atoms with Crippen molar-refractivity contribution < 1.29 is 14.7 Å². The van der Waals surface area contributed by atoms with Gasteiger partial charge in [0, 0.05) is 12.5 Å². The van der Waals surface area contributed by atoms with Crippen molar-refractivity contribution in [3.63, 3.8) is 0 Å². The lowest BCUT2D eigenvalue weighted by Gasteiger charge is -2.12. The summed E-state index contributed by atoms with van der Waals surface area (Å²) in [4.78, 5) is 21.9. The Labute approximate surface area is 77.3 Å². The summed E-state index contributed by atoms with van der Waals surface area (Å²) in [5.74, 6) is -0.950. The summed E-state index contributed by atoms with van der Waals surface area (Å²) < 4.78 is 0. The molecule has 0 saturated heterocycles. The number of nitrogens with one attached hydrogen (secondary N) is 1. The van der Waals surface area contributed by atoms with Crippen molar-refractivity contribution in [3.8, 4) is 0 Å². The molecule has 0 atom stereocenters. The summed E-state index contributed by atoms with van der Waals surface area (Å²) in [6, 6.07) is 0. The maximum atomic E-state index is 11.1. The SMILES string of the molecule is CC(C)C(=O)NCC1(C(=O)O)CC1. The number of carbonyl (C=O) groups is 2. The van der Waals surface area contributed by atoms with Crippen LogP contribution in [0.2, 0.25) is 0 Å². The predicted molar refractivity (Wildman–Crippen MR) is 47.2 cm³/mol. The topological polar surface area (TPSA) is 66.4 Å². The van der Waals surface area contributed by atoms with Crippen molar-refractivity contribution in [2.24, 2.45) is 11.3 Å². The Kier molecular flexibility index (Phi) is 2.59. The van der Waals surface area contributed by atoms with Crippen molar-refractivity contribution in [2.45, 2.75) is 26.7 Å². The first-order valence-corrected chi connectivity index (χ1v) is 4.49. The lowest BCUT2D eigenvalue weighted by Crippen LogP contribution is -2.36. The standard InChI is InChI=1S/C9H15NO3/c1-6(2)7(11)10-5-9(3-4-9)8(12)13/h6H,3-5H2,1-2H3,(H,10,11)(H,12,13). The summed E-state index contributed by atoms with van der Waals surface area (Å²) in [5, 5.41) is 11.5. The second-order valence-corrected chi connectivity index (χ2v) is 3.96. The largest absolute Gasteiger partial charge is 0.481 e. The van der Waals surface area contributed by atoms with E-state index in [0.29, 0.717) is 12.8 Å². The van der Waals surface area contributed by atoms with Gasteiger partial charge in [-0.15, -0.1) is 0 Å². The van der Waals surface area contributed by atoms with E-state index in [1.54, 1.807) is 13.8 Å². The highest BCUT2D eigenvalue weighted by molar-refractivity contribution is 5.81. The average Bonchev–Trinajstić information content (AvgIpc) is 2.80. The van der Waals surface area contributed by atoms with E-state index < -0.39 is 11.4 Å². The van der Waals surface area contributed by atoms with Crippen LogP contribution in [0, 0.1) is 11.3 Å². The number of carbonyl (C=O) groups excluding carboxylic acids is 1. The first-order chi connectivity index (χ1) is 5.98. The Hall–Kier alpha value is -1.06. The van der Waals surface area contributed by atoms with Crippen molar-refractivity contribution in [2.75, 3.05) is 6.54 Å². The molecule has 4 heteroatoms. The number of aliphatic carboxylic acids is 1. The molecule has 1 aliphatic rings. The van der Waals surface area contributed by atoms with E-state index in [4.69, 9.17) is 5.11 Å². The monoisotopic (exact) mass is 185 g/mol. The van der Waals surface area contributed by atoms with Crippen LogP contribution in [0.5, 0.6) is 0 Å². The Morgan fingerprint density at radius 2 is 2.00 bits per heavy atom. The van der Waals surface area contributed by atoms with E-state index in [1.165, 1.54) is 0 Å². The third-order valence-electron chi connectivity index (χ3n) is 2.43. The highest BCUT2D eigenvalue weighted by Gasteiger charge is 2.50.